The summed E-state index contributed by atoms with van der Waals surface area (Å²) in [5.74, 6) is 0.212. The predicted octanol–water partition coefficient (Wildman–Crippen LogP) is 4.77. The highest BCUT2D eigenvalue weighted by Crippen LogP contribution is 2.46. The van der Waals surface area contributed by atoms with Gasteiger partial charge < -0.3 is 5.32 Å². The highest BCUT2D eigenvalue weighted by atomic mass is 16.1. The maximum atomic E-state index is 12.4. The number of carbonyl (C=O) groups excluding carboxylic acids is 1. The van der Waals surface area contributed by atoms with Gasteiger partial charge in [-0.3, -0.25) is 14.8 Å². The molecule has 2 aliphatic carbocycles. The molecule has 0 spiro atoms. The summed E-state index contributed by atoms with van der Waals surface area (Å²) in [6.07, 6.45) is 7.66. The smallest absolute Gasteiger partial charge is 0.165 e. The zero-order valence-electron chi connectivity index (χ0n) is 17.8. The summed E-state index contributed by atoms with van der Waals surface area (Å²) in [7, 11) is 1.86. The minimum Gasteiger partial charge on any atom is -0.388 e. The van der Waals surface area contributed by atoms with Crippen LogP contribution in [0.15, 0.2) is 42.7 Å². The van der Waals surface area contributed by atoms with Crippen LogP contribution in [0.1, 0.15) is 57.7 Å². The Kier molecular flexibility index (Phi) is 4.59. The molecule has 3 aromatic rings. The third-order valence-corrected chi connectivity index (χ3v) is 6.59. The summed E-state index contributed by atoms with van der Waals surface area (Å²) in [5.41, 5.74) is 8.80. The maximum Gasteiger partial charge on any atom is 0.165 e. The van der Waals surface area contributed by atoms with Crippen LogP contribution in [-0.4, -0.2) is 22.8 Å². The van der Waals surface area contributed by atoms with Crippen LogP contribution in [0.25, 0.3) is 11.1 Å². The van der Waals surface area contributed by atoms with E-state index in [0.29, 0.717) is 12.8 Å². The lowest BCUT2D eigenvalue weighted by molar-refractivity contribution is 0.0995. The number of benzene rings is 1. The molecule has 1 saturated carbocycles. The van der Waals surface area contributed by atoms with Crippen LogP contribution in [0, 0.1) is 18.3 Å². The fourth-order valence-electron chi connectivity index (χ4n) is 4.61. The Hall–Kier alpha value is -3.52. The Morgan fingerprint density at radius 2 is 1.94 bits per heavy atom. The van der Waals surface area contributed by atoms with Crippen LogP contribution in [-0.2, 0) is 18.3 Å². The Labute approximate surface area is 182 Å². The van der Waals surface area contributed by atoms with Crippen LogP contribution in [0.4, 0.5) is 5.69 Å². The van der Waals surface area contributed by atoms with Gasteiger partial charge >= 0.3 is 0 Å². The van der Waals surface area contributed by atoms with Crippen LogP contribution in [0.2, 0.25) is 0 Å². The van der Waals surface area contributed by atoms with Crippen molar-refractivity contribution in [3.8, 4) is 17.2 Å². The first-order valence-electron chi connectivity index (χ1n) is 10.7. The quantitative estimate of drug-likeness (QED) is 0.658. The summed E-state index contributed by atoms with van der Waals surface area (Å²) in [6, 6.07) is 12.6. The molecule has 2 heterocycles. The van der Waals surface area contributed by atoms with E-state index in [1.165, 1.54) is 0 Å². The molecule has 2 aromatic heterocycles. The van der Waals surface area contributed by atoms with Gasteiger partial charge in [-0.25, -0.2) is 0 Å². The fraction of sp³-hybridized carbons (Fsp3) is 0.308. The number of nitriles is 1. The largest absolute Gasteiger partial charge is 0.388 e. The van der Waals surface area contributed by atoms with Gasteiger partial charge in [0.05, 0.1) is 17.2 Å². The molecule has 1 N–H and O–H groups in total. The molecule has 1 fully saturated rings. The third kappa shape index (κ3) is 3.29. The zero-order chi connectivity index (χ0) is 21.6. The number of carbonyl (C=O) groups is 1. The molecule has 0 unspecified atom stereocenters. The Bertz CT molecular complexity index is 1230. The van der Waals surface area contributed by atoms with Gasteiger partial charge in [0, 0.05) is 54.8 Å². The SMILES string of the molecule is CNc1ccc(-c2cnc(Cc3ccc(C4(C#N)CC4)nc3)cc2C)c2c1C(=O)CC2. The number of aromatic nitrogens is 2. The summed E-state index contributed by atoms with van der Waals surface area (Å²) in [4.78, 5) is 21.7. The third-order valence-electron chi connectivity index (χ3n) is 6.59. The maximum absolute atomic E-state index is 12.4. The van der Waals surface area contributed by atoms with Crippen molar-refractivity contribution in [1.29, 1.82) is 5.26 Å². The van der Waals surface area contributed by atoms with Crippen molar-refractivity contribution in [2.75, 3.05) is 12.4 Å². The average molecular weight is 409 g/mol. The minimum absolute atomic E-state index is 0.212. The van der Waals surface area contributed by atoms with Gasteiger partial charge in [0.2, 0.25) is 0 Å². The molecule has 0 radical (unpaired) electrons. The van der Waals surface area contributed by atoms with Crippen LogP contribution >= 0.6 is 0 Å². The second-order valence-corrected chi connectivity index (χ2v) is 8.60. The van der Waals surface area contributed by atoms with E-state index in [1.54, 1.807) is 0 Å². The molecule has 154 valence electrons. The second kappa shape index (κ2) is 7.31. The number of anilines is 1. The number of hydrogen-bond donors (Lipinski definition) is 1. The molecule has 0 atom stereocenters. The lowest BCUT2D eigenvalue weighted by Crippen LogP contribution is -2.06. The van der Waals surface area contributed by atoms with Crippen molar-refractivity contribution in [3.05, 3.63) is 76.4 Å². The van der Waals surface area contributed by atoms with Gasteiger partial charge in [0.25, 0.3) is 0 Å². The minimum atomic E-state index is -0.348. The van der Waals surface area contributed by atoms with E-state index < -0.39 is 0 Å². The van der Waals surface area contributed by atoms with Crippen LogP contribution in [0.3, 0.4) is 0 Å². The molecule has 31 heavy (non-hydrogen) atoms. The van der Waals surface area contributed by atoms with E-state index >= 15 is 0 Å². The van der Waals surface area contributed by atoms with Gasteiger partial charge in [-0.1, -0.05) is 12.1 Å². The molecule has 2 aliphatic rings. The van der Waals surface area contributed by atoms with Gasteiger partial charge in [-0.15, -0.1) is 0 Å². The molecule has 0 saturated heterocycles. The number of nitrogens with zero attached hydrogens (tertiary/aromatic N) is 3. The lowest BCUT2D eigenvalue weighted by atomic mass is 9.93. The first-order chi connectivity index (χ1) is 15.0. The summed E-state index contributed by atoms with van der Waals surface area (Å²) >= 11 is 0. The molecule has 5 nitrogen and oxygen atoms in total. The molecule has 0 bridgehead atoms. The molecule has 0 aliphatic heterocycles. The topological polar surface area (TPSA) is 78.7 Å². The number of rotatable bonds is 5. The number of ketones is 1. The van der Waals surface area contributed by atoms with Gasteiger partial charge in [0.1, 0.15) is 0 Å². The predicted molar refractivity (Wildman–Crippen MR) is 120 cm³/mol. The van der Waals surface area contributed by atoms with Crippen LogP contribution in [0.5, 0.6) is 0 Å². The van der Waals surface area contributed by atoms with Crippen molar-refractivity contribution in [1.82, 2.24) is 9.97 Å². The molecule has 1 aromatic carbocycles. The number of pyridine rings is 2. The highest BCUT2D eigenvalue weighted by molar-refractivity contribution is 6.07. The summed E-state index contributed by atoms with van der Waals surface area (Å²) in [5, 5.41) is 12.5. The number of nitrogens with one attached hydrogen (secondary N) is 1. The fourth-order valence-corrected chi connectivity index (χ4v) is 4.61. The number of Topliss-reactive ketones (excluding diaryl/α,β-unsaturated/α-hetero) is 1. The van der Waals surface area contributed by atoms with Crippen molar-refractivity contribution >= 4 is 11.5 Å². The van der Waals surface area contributed by atoms with E-state index in [2.05, 4.69) is 41.5 Å². The van der Waals surface area contributed by atoms with Gasteiger partial charge in [0.15, 0.2) is 5.78 Å². The molecule has 5 heteroatoms. The van der Waals surface area contributed by atoms with Crippen LogP contribution < -0.4 is 5.32 Å². The monoisotopic (exact) mass is 408 g/mol. The molecular formula is C26H24N4O. The molecule has 5 rings (SSSR count). The summed E-state index contributed by atoms with van der Waals surface area (Å²) in [6.45, 7) is 2.10. The van der Waals surface area contributed by atoms with Crippen molar-refractivity contribution in [3.63, 3.8) is 0 Å². The number of hydrogen-bond acceptors (Lipinski definition) is 5. The Balaban J connectivity index is 1.42. The van der Waals surface area contributed by atoms with Crippen molar-refractivity contribution < 1.29 is 4.79 Å². The average Bonchev–Trinajstić information content (AvgIpc) is 3.50. The summed E-state index contributed by atoms with van der Waals surface area (Å²) < 4.78 is 0. The second-order valence-electron chi connectivity index (χ2n) is 8.60. The normalized spacial score (nSPS) is 16.0. The first-order valence-corrected chi connectivity index (χ1v) is 10.7. The van der Waals surface area contributed by atoms with E-state index in [4.69, 9.17) is 4.98 Å². The zero-order valence-corrected chi connectivity index (χ0v) is 17.8. The molecular weight excluding hydrogens is 384 g/mol. The first kappa shape index (κ1) is 19.4. The Morgan fingerprint density at radius 3 is 2.58 bits per heavy atom. The standard InChI is InChI=1S/C26H24N4O/c1-16-11-18(12-17-3-8-24(30-13-17)26(15-27)9-10-26)29-14-21(16)19-4-6-22(28-2)25-20(19)5-7-23(25)31/h3-4,6,8,11,13-14,28H,5,7,9-10,12H2,1-2H3. The number of aryl methyl sites for hydroxylation is 1. The van der Waals surface area contributed by atoms with Crippen molar-refractivity contribution in [2.24, 2.45) is 0 Å². The lowest BCUT2D eigenvalue weighted by Gasteiger charge is -2.14. The Morgan fingerprint density at radius 1 is 1.10 bits per heavy atom. The van der Waals surface area contributed by atoms with Gasteiger partial charge in [-0.05, 0) is 66.6 Å². The van der Waals surface area contributed by atoms with E-state index in [9.17, 15) is 10.1 Å². The number of fused-ring (bicyclic) bond motifs is 1. The van der Waals surface area contributed by atoms with Crippen molar-refractivity contribution in [2.45, 2.75) is 44.4 Å². The highest BCUT2D eigenvalue weighted by Gasteiger charge is 2.46. The van der Waals surface area contributed by atoms with E-state index in [-0.39, 0.29) is 11.2 Å². The van der Waals surface area contributed by atoms with E-state index in [0.717, 1.165) is 69.7 Å². The van der Waals surface area contributed by atoms with Gasteiger partial charge in [-0.2, -0.15) is 5.26 Å². The van der Waals surface area contributed by atoms with E-state index in [1.807, 2.05) is 31.6 Å². The molecule has 0 amide bonds.